The molecule has 0 radical (unpaired) electrons. The molecule has 17 heavy (non-hydrogen) atoms. The van der Waals surface area contributed by atoms with Gasteiger partial charge in [-0.05, 0) is 25.0 Å². The third-order valence-corrected chi connectivity index (χ3v) is 2.46. The molecule has 3 nitrogen and oxygen atoms in total. The summed E-state index contributed by atoms with van der Waals surface area (Å²) in [5, 5.41) is 9.70. The highest BCUT2D eigenvalue weighted by Gasteiger charge is 2.18. The van der Waals surface area contributed by atoms with E-state index in [1.54, 1.807) is 6.92 Å². The molecule has 0 aromatic heterocycles. The van der Waals surface area contributed by atoms with Gasteiger partial charge in [0.1, 0.15) is 0 Å². The molecule has 1 rings (SSSR count). The van der Waals surface area contributed by atoms with E-state index in [1.807, 2.05) is 43.3 Å². The normalized spacial score (nSPS) is 13.2. The largest absolute Gasteiger partial charge is 0.464 e. The van der Waals surface area contributed by atoms with Crippen LogP contribution in [-0.2, 0) is 9.53 Å². The van der Waals surface area contributed by atoms with E-state index in [9.17, 15) is 9.90 Å². The highest BCUT2D eigenvalue weighted by atomic mass is 16.5. The summed E-state index contributed by atoms with van der Waals surface area (Å²) in [6.45, 7) is 3.89. The van der Waals surface area contributed by atoms with Crippen molar-refractivity contribution in [1.29, 1.82) is 0 Å². The molecule has 3 heteroatoms. The minimum atomic E-state index is -1.10. The fraction of sp³-hybridized carbons (Fsp3) is 0.357. The molecule has 1 aromatic carbocycles. The van der Waals surface area contributed by atoms with E-state index < -0.39 is 12.1 Å². The van der Waals surface area contributed by atoms with Gasteiger partial charge in [0.25, 0.3) is 0 Å². The van der Waals surface area contributed by atoms with Crippen LogP contribution in [0.3, 0.4) is 0 Å². The maximum absolute atomic E-state index is 11.3. The lowest BCUT2D eigenvalue weighted by molar-refractivity contribution is -0.152. The Morgan fingerprint density at radius 3 is 2.59 bits per heavy atom. The Balaban J connectivity index is 2.69. The minimum Gasteiger partial charge on any atom is -0.464 e. The lowest BCUT2D eigenvalue weighted by atomic mass is 10.00. The van der Waals surface area contributed by atoms with Crippen LogP contribution < -0.4 is 0 Å². The molecule has 1 N–H and O–H groups in total. The quantitative estimate of drug-likeness (QED) is 0.796. The van der Waals surface area contributed by atoms with E-state index in [4.69, 9.17) is 4.74 Å². The molecule has 0 saturated carbocycles. The second kappa shape index (κ2) is 6.86. The summed E-state index contributed by atoms with van der Waals surface area (Å²) >= 11 is 0. The molecule has 0 fully saturated rings. The number of benzene rings is 1. The molecule has 0 bridgehead atoms. The predicted molar refractivity (Wildman–Crippen MR) is 67.3 cm³/mol. The zero-order chi connectivity index (χ0) is 12.7. The first-order chi connectivity index (χ1) is 8.19. The number of rotatable bonds is 5. The first-order valence-corrected chi connectivity index (χ1v) is 5.74. The van der Waals surface area contributed by atoms with Crippen molar-refractivity contribution in [3.63, 3.8) is 0 Å². The number of hydrogen-bond donors (Lipinski definition) is 1. The van der Waals surface area contributed by atoms with Crippen LogP contribution in [0.15, 0.2) is 36.4 Å². The van der Waals surface area contributed by atoms with Gasteiger partial charge >= 0.3 is 5.97 Å². The van der Waals surface area contributed by atoms with Crippen LogP contribution >= 0.6 is 0 Å². The summed E-state index contributed by atoms with van der Waals surface area (Å²) in [4.78, 5) is 11.3. The summed E-state index contributed by atoms with van der Waals surface area (Å²) in [5.74, 6) is -0.567. The second-order valence-electron chi connectivity index (χ2n) is 3.65. The van der Waals surface area contributed by atoms with E-state index >= 15 is 0 Å². The van der Waals surface area contributed by atoms with Crippen molar-refractivity contribution in [2.24, 2.45) is 0 Å². The predicted octanol–water partition coefficient (Wildman–Crippen LogP) is 2.40. The fourth-order valence-corrected chi connectivity index (χ4v) is 1.58. The van der Waals surface area contributed by atoms with E-state index in [-0.39, 0.29) is 13.0 Å². The standard InChI is InChI=1S/C14H18O3/c1-3-11(12-8-6-5-7-9-12)10-13(15)14(16)17-4-2/h3,5-9,13,15H,4,10H2,1-2H3/b11-3-/t13-/m1/s1. The van der Waals surface area contributed by atoms with Crippen molar-refractivity contribution in [1.82, 2.24) is 0 Å². The Morgan fingerprint density at radius 2 is 2.06 bits per heavy atom. The molecular formula is C14H18O3. The van der Waals surface area contributed by atoms with Crippen molar-refractivity contribution >= 4 is 11.5 Å². The number of ether oxygens (including phenoxy) is 1. The second-order valence-corrected chi connectivity index (χ2v) is 3.65. The van der Waals surface area contributed by atoms with Crippen molar-refractivity contribution in [3.05, 3.63) is 42.0 Å². The van der Waals surface area contributed by atoms with Gasteiger partial charge in [-0.3, -0.25) is 0 Å². The number of carbonyl (C=O) groups excluding carboxylic acids is 1. The average Bonchev–Trinajstić information content (AvgIpc) is 2.37. The van der Waals surface area contributed by atoms with Gasteiger partial charge in [-0.2, -0.15) is 0 Å². The smallest absolute Gasteiger partial charge is 0.335 e. The van der Waals surface area contributed by atoms with Crippen LogP contribution in [-0.4, -0.2) is 23.8 Å². The van der Waals surface area contributed by atoms with Crippen molar-refractivity contribution in [2.45, 2.75) is 26.4 Å². The highest BCUT2D eigenvalue weighted by Crippen LogP contribution is 2.20. The molecule has 0 heterocycles. The molecule has 1 aromatic rings. The Bertz CT molecular complexity index is 382. The molecule has 0 saturated heterocycles. The first kappa shape index (κ1) is 13.5. The van der Waals surface area contributed by atoms with Gasteiger partial charge < -0.3 is 9.84 Å². The van der Waals surface area contributed by atoms with Crippen molar-refractivity contribution < 1.29 is 14.6 Å². The maximum Gasteiger partial charge on any atom is 0.335 e. The Kier molecular flexibility index (Phi) is 5.43. The zero-order valence-corrected chi connectivity index (χ0v) is 10.2. The molecule has 0 aliphatic carbocycles. The molecule has 0 unspecified atom stereocenters. The summed E-state index contributed by atoms with van der Waals surface area (Å²) in [7, 11) is 0. The van der Waals surface area contributed by atoms with Crippen molar-refractivity contribution in [2.75, 3.05) is 6.61 Å². The topological polar surface area (TPSA) is 46.5 Å². The Labute approximate surface area is 102 Å². The third-order valence-electron chi connectivity index (χ3n) is 2.46. The van der Waals surface area contributed by atoms with E-state index in [1.165, 1.54) is 0 Å². The number of aliphatic hydroxyl groups excluding tert-OH is 1. The Hall–Kier alpha value is -1.61. The van der Waals surface area contributed by atoms with Gasteiger partial charge in [0.2, 0.25) is 0 Å². The fourth-order valence-electron chi connectivity index (χ4n) is 1.58. The van der Waals surface area contributed by atoms with E-state index in [2.05, 4.69) is 0 Å². The van der Waals surface area contributed by atoms with Crippen LogP contribution in [0.1, 0.15) is 25.8 Å². The van der Waals surface area contributed by atoms with Crippen LogP contribution in [0.25, 0.3) is 5.57 Å². The molecule has 92 valence electrons. The summed E-state index contributed by atoms with van der Waals surface area (Å²) in [5.41, 5.74) is 1.95. The molecule has 0 amide bonds. The van der Waals surface area contributed by atoms with Crippen LogP contribution in [0.5, 0.6) is 0 Å². The van der Waals surface area contributed by atoms with E-state index in [0.29, 0.717) is 0 Å². The van der Waals surface area contributed by atoms with Gasteiger partial charge in [-0.1, -0.05) is 36.4 Å². The number of carbonyl (C=O) groups is 1. The van der Waals surface area contributed by atoms with Gasteiger partial charge in [0.05, 0.1) is 6.61 Å². The molecule has 0 aliphatic rings. The van der Waals surface area contributed by atoms with Gasteiger partial charge in [0.15, 0.2) is 6.10 Å². The van der Waals surface area contributed by atoms with Crippen LogP contribution in [0.2, 0.25) is 0 Å². The lowest BCUT2D eigenvalue weighted by Gasteiger charge is -2.12. The Morgan fingerprint density at radius 1 is 1.41 bits per heavy atom. The van der Waals surface area contributed by atoms with Gasteiger partial charge in [-0.15, -0.1) is 0 Å². The lowest BCUT2D eigenvalue weighted by Crippen LogP contribution is -2.23. The minimum absolute atomic E-state index is 0.277. The van der Waals surface area contributed by atoms with Crippen molar-refractivity contribution in [3.8, 4) is 0 Å². The molecular weight excluding hydrogens is 216 g/mol. The molecule has 0 spiro atoms. The van der Waals surface area contributed by atoms with E-state index in [0.717, 1.165) is 11.1 Å². The summed E-state index contributed by atoms with van der Waals surface area (Å²) < 4.78 is 4.77. The van der Waals surface area contributed by atoms with Crippen LogP contribution in [0, 0.1) is 0 Å². The average molecular weight is 234 g/mol. The van der Waals surface area contributed by atoms with Gasteiger partial charge in [0, 0.05) is 6.42 Å². The van der Waals surface area contributed by atoms with Gasteiger partial charge in [-0.25, -0.2) is 4.79 Å². The molecule has 0 aliphatic heterocycles. The SMILES string of the molecule is C/C=C(/C[C@@H](O)C(=O)OCC)c1ccccc1. The first-order valence-electron chi connectivity index (χ1n) is 5.74. The molecule has 1 atom stereocenters. The summed E-state index contributed by atoms with van der Waals surface area (Å²) in [6.07, 6.45) is 1.08. The number of hydrogen-bond acceptors (Lipinski definition) is 3. The highest BCUT2D eigenvalue weighted by molar-refractivity contribution is 5.78. The number of aliphatic hydroxyl groups is 1. The zero-order valence-electron chi connectivity index (χ0n) is 10.2. The summed E-state index contributed by atoms with van der Waals surface area (Å²) in [6, 6.07) is 9.68. The van der Waals surface area contributed by atoms with Crippen LogP contribution in [0.4, 0.5) is 0 Å². The maximum atomic E-state index is 11.3. The third kappa shape index (κ3) is 4.04. The number of allylic oxidation sites excluding steroid dienone is 1. The number of esters is 1. The monoisotopic (exact) mass is 234 g/mol.